The number of rotatable bonds is 4. The van der Waals surface area contributed by atoms with Crippen LogP contribution in [0, 0.1) is 0 Å². The zero-order valence-corrected chi connectivity index (χ0v) is 9.61. The molecule has 1 aromatic carbocycles. The summed E-state index contributed by atoms with van der Waals surface area (Å²) in [6, 6.07) is 14.0. The number of aromatic nitrogens is 1. The molecular formula is C13H13ClN2. The molecule has 0 aliphatic heterocycles. The average Bonchev–Trinajstić information content (AvgIpc) is 2.33. The minimum absolute atomic E-state index is 0.663. The summed E-state index contributed by atoms with van der Waals surface area (Å²) in [6.45, 7) is 0.834. The van der Waals surface area contributed by atoms with Crippen molar-refractivity contribution in [1.29, 1.82) is 0 Å². The van der Waals surface area contributed by atoms with Gasteiger partial charge in [0.05, 0.1) is 5.02 Å². The smallest absolute Gasteiger partial charge is 0.144 e. The molecule has 0 aliphatic rings. The van der Waals surface area contributed by atoms with Crippen molar-refractivity contribution in [3.8, 4) is 0 Å². The predicted octanol–water partition coefficient (Wildman–Crippen LogP) is 3.39. The van der Waals surface area contributed by atoms with Crippen LogP contribution in [-0.2, 0) is 6.42 Å². The summed E-state index contributed by atoms with van der Waals surface area (Å²) in [4.78, 5) is 4.17. The van der Waals surface area contributed by atoms with E-state index in [2.05, 4.69) is 22.4 Å². The third-order valence-electron chi connectivity index (χ3n) is 2.31. The van der Waals surface area contributed by atoms with Crippen molar-refractivity contribution in [3.05, 3.63) is 59.2 Å². The van der Waals surface area contributed by atoms with Gasteiger partial charge in [-0.15, -0.1) is 0 Å². The summed E-state index contributed by atoms with van der Waals surface area (Å²) in [7, 11) is 0. The third kappa shape index (κ3) is 2.97. The van der Waals surface area contributed by atoms with Gasteiger partial charge in [0.1, 0.15) is 5.82 Å². The fraction of sp³-hybridized carbons (Fsp3) is 0.154. The van der Waals surface area contributed by atoms with Crippen LogP contribution in [0.15, 0.2) is 48.7 Å². The van der Waals surface area contributed by atoms with Crippen molar-refractivity contribution in [1.82, 2.24) is 4.98 Å². The zero-order valence-electron chi connectivity index (χ0n) is 8.86. The van der Waals surface area contributed by atoms with Crippen molar-refractivity contribution in [2.24, 2.45) is 0 Å². The van der Waals surface area contributed by atoms with Crippen molar-refractivity contribution >= 4 is 17.4 Å². The van der Waals surface area contributed by atoms with Gasteiger partial charge in [0.25, 0.3) is 0 Å². The molecule has 2 aromatic rings. The molecule has 1 N–H and O–H groups in total. The lowest BCUT2D eigenvalue weighted by Crippen LogP contribution is -2.06. The van der Waals surface area contributed by atoms with Crippen LogP contribution >= 0.6 is 11.6 Å². The van der Waals surface area contributed by atoms with E-state index < -0.39 is 0 Å². The molecule has 0 saturated carbocycles. The second kappa shape index (κ2) is 5.52. The lowest BCUT2D eigenvalue weighted by molar-refractivity contribution is 1.01. The van der Waals surface area contributed by atoms with Gasteiger partial charge in [0, 0.05) is 12.7 Å². The number of hydrogen-bond acceptors (Lipinski definition) is 2. The Morgan fingerprint density at radius 1 is 1.06 bits per heavy atom. The van der Waals surface area contributed by atoms with Crippen molar-refractivity contribution in [2.45, 2.75) is 6.42 Å². The third-order valence-corrected chi connectivity index (χ3v) is 2.61. The molecule has 0 atom stereocenters. The molecule has 0 spiro atoms. The van der Waals surface area contributed by atoms with Crippen LogP contribution in [0.3, 0.4) is 0 Å². The molecule has 0 radical (unpaired) electrons. The Balaban J connectivity index is 1.87. The van der Waals surface area contributed by atoms with Crippen molar-refractivity contribution < 1.29 is 0 Å². The molecule has 82 valence electrons. The first-order valence-electron chi connectivity index (χ1n) is 5.24. The number of anilines is 1. The highest BCUT2D eigenvalue weighted by Gasteiger charge is 1.98. The molecule has 0 bridgehead atoms. The van der Waals surface area contributed by atoms with Gasteiger partial charge in [0.15, 0.2) is 0 Å². The first-order valence-corrected chi connectivity index (χ1v) is 5.62. The lowest BCUT2D eigenvalue weighted by Gasteiger charge is -2.06. The highest BCUT2D eigenvalue weighted by molar-refractivity contribution is 6.32. The Bertz CT molecular complexity index is 443. The summed E-state index contributed by atoms with van der Waals surface area (Å²) in [5.74, 6) is 0.750. The summed E-state index contributed by atoms with van der Waals surface area (Å²) >= 11 is 5.98. The molecule has 0 unspecified atom stereocenters. The number of benzene rings is 1. The second-order valence-electron chi connectivity index (χ2n) is 3.50. The molecule has 1 heterocycles. The van der Waals surface area contributed by atoms with E-state index in [1.165, 1.54) is 5.56 Å². The number of hydrogen-bond donors (Lipinski definition) is 1. The molecule has 0 amide bonds. The maximum atomic E-state index is 5.98. The number of halogens is 1. The van der Waals surface area contributed by atoms with E-state index in [9.17, 15) is 0 Å². The van der Waals surface area contributed by atoms with E-state index in [-0.39, 0.29) is 0 Å². The molecule has 0 aliphatic carbocycles. The minimum Gasteiger partial charge on any atom is -0.369 e. The fourth-order valence-corrected chi connectivity index (χ4v) is 1.67. The number of nitrogens with one attached hydrogen (secondary N) is 1. The van der Waals surface area contributed by atoms with Gasteiger partial charge in [0.2, 0.25) is 0 Å². The summed E-state index contributed by atoms with van der Waals surface area (Å²) < 4.78 is 0. The molecule has 1 aromatic heterocycles. The van der Waals surface area contributed by atoms with E-state index in [0.717, 1.165) is 18.8 Å². The van der Waals surface area contributed by atoms with Crippen LogP contribution in [-0.4, -0.2) is 11.5 Å². The zero-order chi connectivity index (χ0) is 11.2. The summed E-state index contributed by atoms with van der Waals surface area (Å²) in [6.07, 6.45) is 2.70. The van der Waals surface area contributed by atoms with Crippen LogP contribution in [0.4, 0.5) is 5.82 Å². The quantitative estimate of drug-likeness (QED) is 0.874. The molecule has 16 heavy (non-hydrogen) atoms. The molecule has 3 heteroatoms. The van der Waals surface area contributed by atoms with Gasteiger partial charge >= 0.3 is 0 Å². The van der Waals surface area contributed by atoms with Crippen molar-refractivity contribution in [3.63, 3.8) is 0 Å². The molecule has 2 rings (SSSR count). The van der Waals surface area contributed by atoms with Gasteiger partial charge < -0.3 is 5.32 Å². The van der Waals surface area contributed by atoms with Gasteiger partial charge in [-0.05, 0) is 24.1 Å². The van der Waals surface area contributed by atoms with Gasteiger partial charge in [-0.2, -0.15) is 0 Å². The average molecular weight is 233 g/mol. The van der Waals surface area contributed by atoms with E-state index >= 15 is 0 Å². The van der Waals surface area contributed by atoms with E-state index in [0.29, 0.717) is 5.02 Å². The molecule has 0 saturated heterocycles. The van der Waals surface area contributed by atoms with Gasteiger partial charge in [-0.25, -0.2) is 4.98 Å². The normalized spacial score (nSPS) is 10.1. The maximum Gasteiger partial charge on any atom is 0.144 e. The molecule has 2 nitrogen and oxygen atoms in total. The standard InChI is InChI=1S/C13H13ClN2/c14-12-7-4-9-15-13(12)16-10-8-11-5-2-1-3-6-11/h1-7,9H,8,10H2,(H,15,16). The monoisotopic (exact) mass is 232 g/mol. The van der Waals surface area contributed by atoms with Gasteiger partial charge in [-0.1, -0.05) is 41.9 Å². The Kier molecular flexibility index (Phi) is 3.78. The minimum atomic E-state index is 0.663. The fourth-order valence-electron chi connectivity index (χ4n) is 1.49. The highest BCUT2D eigenvalue weighted by atomic mass is 35.5. The maximum absolute atomic E-state index is 5.98. The van der Waals surface area contributed by atoms with E-state index in [4.69, 9.17) is 11.6 Å². The molecule has 0 fully saturated rings. The first-order chi connectivity index (χ1) is 7.86. The Labute approximate surface area is 100 Å². The molecular weight excluding hydrogens is 220 g/mol. The number of pyridine rings is 1. The van der Waals surface area contributed by atoms with Crippen LogP contribution in [0.1, 0.15) is 5.56 Å². The van der Waals surface area contributed by atoms with Crippen LogP contribution in [0.25, 0.3) is 0 Å². The largest absolute Gasteiger partial charge is 0.369 e. The SMILES string of the molecule is Clc1cccnc1NCCc1ccccc1. The lowest BCUT2D eigenvalue weighted by atomic mass is 10.1. The highest BCUT2D eigenvalue weighted by Crippen LogP contribution is 2.17. The van der Waals surface area contributed by atoms with E-state index in [1.54, 1.807) is 6.20 Å². The Hall–Kier alpha value is -1.54. The van der Waals surface area contributed by atoms with Crippen LogP contribution in [0.2, 0.25) is 5.02 Å². The predicted molar refractivity (Wildman–Crippen MR) is 67.9 cm³/mol. The Morgan fingerprint density at radius 2 is 1.88 bits per heavy atom. The summed E-state index contributed by atoms with van der Waals surface area (Å²) in [5, 5.41) is 3.88. The summed E-state index contributed by atoms with van der Waals surface area (Å²) in [5.41, 5.74) is 1.31. The number of nitrogens with zero attached hydrogens (tertiary/aromatic N) is 1. The van der Waals surface area contributed by atoms with Crippen LogP contribution in [0.5, 0.6) is 0 Å². The first kappa shape index (κ1) is 11.0. The van der Waals surface area contributed by atoms with Crippen molar-refractivity contribution in [2.75, 3.05) is 11.9 Å². The van der Waals surface area contributed by atoms with E-state index in [1.807, 2.05) is 30.3 Å². The van der Waals surface area contributed by atoms with Crippen LogP contribution < -0.4 is 5.32 Å². The van der Waals surface area contributed by atoms with Gasteiger partial charge in [-0.3, -0.25) is 0 Å². The Morgan fingerprint density at radius 3 is 2.62 bits per heavy atom. The topological polar surface area (TPSA) is 24.9 Å². The second-order valence-corrected chi connectivity index (χ2v) is 3.90.